The molecule has 1 aliphatic rings. The number of anilines is 1. The molecule has 3 N–H and O–H groups in total. The van der Waals surface area contributed by atoms with Gasteiger partial charge in [0.2, 0.25) is 10.0 Å². The van der Waals surface area contributed by atoms with Gasteiger partial charge in [0.05, 0.1) is 19.9 Å². The van der Waals surface area contributed by atoms with Crippen molar-refractivity contribution in [2.75, 3.05) is 19.5 Å². The van der Waals surface area contributed by atoms with Crippen LogP contribution in [-0.4, -0.2) is 45.7 Å². The van der Waals surface area contributed by atoms with Crippen molar-refractivity contribution in [3.05, 3.63) is 47.5 Å². The second kappa shape index (κ2) is 9.36. The molecule has 0 unspecified atom stereocenters. The van der Waals surface area contributed by atoms with E-state index < -0.39 is 27.6 Å². The van der Waals surface area contributed by atoms with Crippen molar-refractivity contribution in [1.82, 2.24) is 4.72 Å². The van der Waals surface area contributed by atoms with Crippen LogP contribution in [0.15, 0.2) is 41.3 Å². The highest BCUT2D eigenvalue weighted by atomic mass is 32.2. The quantitative estimate of drug-likeness (QED) is 0.438. The van der Waals surface area contributed by atoms with Crippen LogP contribution in [0, 0.1) is 0 Å². The van der Waals surface area contributed by atoms with Crippen LogP contribution >= 0.6 is 0 Å². The molecule has 0 heterocycles. The third-order valence-electron chi connectivity index (χ3n) is 5.08. The first kappa shape index (κ1) is 22.6. The Morgan fingerprint density at radius 3 is 2.45 bits per heavy atom. The Hall–Kier alpha value is -3.11. The summed E-state index contributed by atoms with van der Waals surface area (Å²) in [7, 11) is -1.39. The van der Waals surface area contributed by atoms with Gasteiger partial charge in [0, 0.05) is 11.6 Å². The molecule has 0 aromatic heterocycles. The number of hydrogen-bond donors (Lipinski definition) is 3. The van der Waals surface area contributed by atoms with E-state index in [-0.39, 0.29) is 33.5 Å². The third kappa shape index (κ3) is 4.97. The number of esters is 1. The number of nitrogens with one attached hydrogen (secondary N) is 2. The molecular weight excluding hydrogens is 424 g/mol. The first-order valence-electron chi connectivity index (χ1n) is 9.69. The van der Waals surface area contributed by atoms with Gasteiger partial charge in [-0.1, -0.05) is 18.9 Å². The van der Waals surface area contributed by atoms with Crippen molar-refractivity contribution < 1.29 is 32.6 Å². The Morgan fingerprint density at radius 1 is 1.10 bits per heavy atom. The summed E-state index contributed by atoms with van der Waals surface area (Å²) in [5.41, 5.74) is -0.0910. The van der Waals surface area contributed by atoms with Crippen molar-refractivity contribution in [1.29, 1.82) is 0 Å². The summed E-state index contributed by atoms with van der Waals surface area (Å²) in [6, 6.07) is 8.09. The summed E-state index contributed by atoms with van der Waals surface area (Å²) >= 11 is 0. The van der Waals surface area contributed by atoms with E-state index in [1.54, 1.807) is 0 Å². The smallest absolute Gasteiger partial charge is 0.341 e. The second-order valence-electron chi connectivity index (χ2n) is 7.12. The fourth-order valence-electron chi connectivity index (χ4n) is 3.47. The summed E-state index contributed by atoms with van der Waals surface area (Å²) in [6.07, 6.45) is 3.44. The zero-order valence-electron chi connectivity index (χ0n) is 17.2. The van der Waals surface area contributed by atoms with Crippen molar-refractivity contribution in [2.24, 2.45) is 0 Å². The number of phenolic OH excluding ortho intramolecular Hbond substituents is 1. The first-order chi connectivity index (χ1) is 14.8. The van der Waals surface area contributed by atoms with Crippen molar-refractivity contribution in [3.63, 3.8) is 0 Å². The highest BCUT2D eigenvalue weighted by Crippen LogP contribution is 2.30. The molecule has 1 saturated carbocycles. The number of phenols is 1. The molecule has 2 aromatic rings. The number of methoxy groups -OCH3 is 2. The molecule has 0 bridgehead atoms. The molecule has 0 aliphatic heterocycles. The topological polar surface area (TPSA) is 131 Å². The fraction of sp³-hybridized carbons (Fsp3) is 0.333. The molecule has 0 spiro atoms. The minimum absolute atomic E-state index is 0.0165. The maximum Gasteiger partial charge on any atom is 0.341 e. The van der Waals surface area contributed by atoms with Crippen LogP contribution in [-0.2, 0) is 14.8 Å². The summed E-state index contributed by atoms with van der Waals surface area (Å²) in [4.78, 5) is 24.3. The van der Waals surface area contributed by atoms with Gasteiger partial charge in [-0.15, -0.1) is 0 Å². The van der Waals surface area contributed by atoms with Gasteiger partial charge in [0.1, 0.15) is 16.2 Å². The zero-order valence-corrected chi connectivity index (χ0v) is 18.0. The molecular formula is C21H24N2O7S. The molecule has 3 rings (SSSR count). The van der Waals surface area contributed by atoms with E-state index >= 15 is 0 Å². The van der Waals surface area contributed by atoms with E-state index in [1.807, 2.05) is 0 Å². The van der Waals surface area contributed by atoms with Gasteiger partial charge in [-0.25, -0.2) is 17.9 Å². The molecule has 1 fully saturated rings. The Bertz CT molecular complexity index is 1090. The Morgan fingerprint density at radius 2 is 1.81 bits per heavy atom. The van der Waals surface area contributed by atoms with Crippen LogP contribution in [0.4, 0.5) is 5.69 Å². The Balaban J connectivity index is 1.89. The van der Waals surface area contributed by atoms with Crippen LogP contribution in [0.2, 0.25) is 0 Å². The maximum absolute atomic E-state index is 12.9. The van der Waals surface area contributed by atoms with Crippen LogP contribution in [0.25, 0.3) is 0 Å². The molecule has 0 atom stereocenters. The molecule has 2 aromatic carbocycles. The summed E-state index contributed by atoms with van der Waals surface area (Å²) in [5, 5.41) is 12.8. The predicted octanol–water partition coefficient (Wildman–Crippen LogP) is 2.66. The average molecular weight is 448 g/mol. The zero-order chi connectivity index (χ0) is 22.6. The van der Waals surface area contributed by atoms with Gasteiger partial charge in [-0.3, -0.25) is 4.79 Å². The lowest BCUT2D eigenvalue weighted by molar-refractivity contribution is 0.0597. The molecule has 0 saturated heterocycles. The van der Waals surface area contributed by atoms with Crippen LogP contribution in [0.1, 0.15) is 46.4 Å². The molecule has 1 aliphatic carbocycles. The van der Waals surface area contributed by atoms with Gasteiger partial charge < -0.3 is 19.9 Å². The monoisotopic (exact) mass is 448 g/mol. The summed E-state index contributed by atoms with van der Waals surface area (Å²) < 4.78 is 38.2. The summed E-state index contributed by atoms with van der Waals surface area (Å²) in [5.74, 6) is -1.77. The van der Waals surface area contributed by atoms with Gasteiger partial charge in [0.25, 0.3) is 5.91 Å². The van der Waals surface area contributed by atoms with Gasteiger partial charge in [-0.05, 0) is 43.2 Å². The Kier molecular flexibility index (Phi) is 6.81. The van der Waals surface area contributed by atoms with Crippen molar-refractivity contribution in [3.8, 4) is 11.5 Å². The van der Waals surface area contributed by atoms with Gasteiger partial charge in [0.15, 0.2) is 5.75 Å². The third-order valence-corrected chi connectivity index (χ3v) is 6.62. The lowest BCUT2D eigenvalue weighted by Crippen LogP contribution is -2.33. The van der Waals surface area contributed by atoms with Crippen LogP contribution in [0.3, 0.4) is 0 Å². The van der Waals surface area contributed by atoms with E-state index in [2.05, 4.69) is 14.8 Å². The minimum Gasteiger partial charge on any atom is -0.505 e. The minimum atomic E-state index is -3.91. The predicted molar refractivity (Wildman–Crippen MR) is 113 cm³/mol. The number of hydrogen-bond acceptors (Lipinski definition) is 7. The lowest BCUT2D eigenvalue weighted by Gasteiger charge is -2.16. The van der Waals surface area contributed by atoms with Crippen molar-refractivity contribution in [2.45, 2.75) is 36.6 Å². The number of ether oxygens (including phenoxy) is 2. The average Bonchev–Trinajstić information content (AvgIpc) is 3.26. The molecule has 10 heteroatoms. The van der Waals surface area contributed by atoms with E-state index in [0.717, 1.165) is 25.7 Å². The second-order valence-corrected chi connectivity index (χ2v) is 8.80. The Labute approximate surface area is 180 Å². The van der Waals surface area contributed by atoms with E-state index in [1.165, 1.54) is 50.6 Å². The molecule has 31 heavy (non-hydrogen) atoms. The van der Waals surface area contributed by atoms with Crippen molar-refractivity contribution >= 4 is 27.6 Å². The maximum atomic E-state index is 12.9. The lowest BCUT2D eigenvalue weighted by atomic mass is 10.1. The molecule has 166 valence electrons. The molecule has 1 amide bonds. The van der Waals surface area contributed by atoms with Crippen LogP contribution in [0.5, 0.6) is 11.5 Å². The number of carbonyl (C=O) groups is 2. The fourth-order valence-corrected chi connectivity index (χ4v) is 4.97. The highest BCUT2D eigenvalue weighted by molar-refractivity contribution is 7.89. The number of benzene rings is 2. The van der Waals surface area contributed by atoms with Gasteiger partial charge in [-0.2, -0.15) is 0 Å². The van der Waals surface area contributed by atoms with E-state index in [4.69, 9.17) is 4.74 Å². The number of aromatic hydroxyl groups is 1. The number of amides is 1. The van der Waals surface area contributed by atoms with E-state index in [0.29, 0.717) is 0 Å². The standard InChI is InChI=1S/C21H24N2O7S/c1-29-17-11-10-13(12-18(17)31(27,28)23-14-6-3-4-7-14)20(25)22-16-9-5-8-15(19(16)24)21(26)30-2/h5,8-12,14,23-24H,3-4,6-7H2,1-2H3,(H,22,25). The highest BCUT2D eigenvalue weighted by Gasteiger charge is 2.27. The largest absolute Gasteiger partial charge is 0.505 e. The molecule has 0 radical (unpaired) electrons. The molecule has 9 nitrogen and oxygen atoms in total. The van der Waals surface area contributed by atoms with E-state index in [9.17, 15) is 23.1 Å². The van der Waals surface area contributed by atoms with Gasteiger partial charge >= 0.3 is 5.97 Å². The van der Waals surface area contributed by atoms with Crippen LogP contribution < -0.4 is 14.8 Å². The number of rotatable bonds is 7. The number of sulfonamides is 1. The number of para-hydroxylation sites is 1. The SMILES string of the molecule is COC(=O)c1cccc(NC(=O)c2ccc(OC)c(S(=O)(=O)NC3CCCC3)c2)c1O. The normalized spacial score (nSPS) is 14.3. The summed E-state index contributed by atoms with van der Waals surface area (Å²) in [6.45, 7) is 0. The number of carbonyl (C=O) groups excluding carboxylic acids is 2. The first-order valence-corrected chi connectivity index (χ1v) is 11.2.